The maximum Gasteiger partial charge on any atom is 0.224 e. The smallest absolute Gasteiger partial charge is 0.224 e. The van der Waals surface area contributed by atoms with Gasteiger partial charge in [0.2, 0.25) is 5.91 Å². The first-order valence-electron chi connectivity index (χ1n) is 5.38. The van der Waals surface area contributed by atoms with Gasteiger partial charge in [0, 0.05) is 0 Å². The minimum absolute atomic E-state index is 0.101. The van der Waals surface area contributed by atoms with Gasteiger partial charge in [-0.2, -0.15) is 10.4 Å². The number of rotatable bonds is 4. The maximum absolute atomic E-state index is 11.6. The molecule has 0 saturated carbocycles. The second kappa shape index (κ2) is 5.59. The zero-order valence-electron chi connectivity index (χ0n) is 9.55. The van der Waals surface area contributed by atoms with Gasteiger partial charge < -0.3 is 5.32 Å². The molecule has 0 fully saturated rings. The van der Waals surface area contributed by atoms with Crippen LogP contribution in [0.3, 0.4) is 0 Å². The van der Waals surface area contributed by atoms with E-state index in [9.17, 15) is 4.79 Å². The molecule has 0 radical (unpaired) electrons. The van der Waals surface area contributed by atoms with Crippen molar-refractivity contribution in [3.05, 3.63) is 47.5 Å². The van der Waals surface area contributed by atoms with E-state index in [-0.39, 0.29) is 12.3 Å². The Kier molecular flexibility index (Phi) is 3.66. The van der Waals surface area contributed by atoms with Crippen LogP contribution in [0, 0.1) is 11.3 Å². The van der Waals surface area contributed by atoms with Crippen LogP contribution in [0.2, 0.25) is 0 Å². The van der Waals surface area contributed by atoms with Gasteiger partial charge in [-0.05, 0) is 17.7 Å². The molecule has 0 unspecified atom stereocenters. The zero-order chi connectivity index (χ0) is 12.8. The highest BCUT2D eigenvalue weighted by atomic mass is 16.1. The van der Waals surface area contributed by atoms with Gasteiger partial charge in [-0.3, -0.25) is 9.89 Å². The minimum atomic E-state index is -0.101. The second-order valence-electron chi connectivity index (χ2n) is 3.69. The van der Waals surface area contributed by atoms with Gasteiger partial charge in [0.15, 0.2) is 0 Å². The molecule has 2 rings (SSSR count). The Morgan fingerprint density at radius 3 is 2.78 bits per heavy atom. The normalized spacial score (nSPS) is 9.72. The average molecular weight is 241 g/mol. The van der Waals surface area contributed by atoms with Crippen molar-refractivity contribution in [2.45, 2.75) is 13.0 Å². The van der Waals surface area contributed by atoms with Gasteiger partial charge in [-0.15, -0.1) is 0 Å². The van der Waals surface area contributed by atoms with Crippen LogP contribution >= 0.6 is 0 Å². The topological polar surface area (TPSA) is 94.5 Å². The van der Waals surface area contributed by atoms with Gasteiger partial charge in [0.25, 0.3) is 0 Å². The van der Waals surface area contributed by atoms with Crippen molar-refractivity contribution in [3.63, 3.8) is 0 Å². The molecule has 18 heavy (non-hydrogen) atoms. The lowest BCUT2D eigenvalue weighted by Gasteiger charge is -2.03. The first kappa shape index (κ1) is 11.8. The molecule has 0 atom stereocenters. The molecule has 0 spiro atoms. The van der Waals surface area contributed by atoms with Crippen molar-refractivity contribution < 1.29 is 4.79 Å². The van der Waals surface area contributed by atoms with E-state index >= 15 is 0 Å². The highest BCUT2D eigenvalue weighted by Crippen LogP contribution is 2.04. The standard InChI is InChI=1S/C12H11N5O/c13-6-10-3-1-9(2-4-10)5-12(18)14-7-11-15-8-16-17-11/h1-4,8H,5,7H2,(H,14,18)(H,15,16,17). The van der Waals surface area contributed by atoms with E-state index in [2.05, 4.69) is 20.5 Å². The van der Waals surface area contributed by atoms with Crippen LogP contribution < -0.4 is 5.32 Å². The van der Waals surface area contributed by atoms with Crippen LogP contribution in [0.15, 0.2) is 30.6 Å². The van der Waals surface area contributed by atoms with E-state index in [4.69, 9.17) is 5.26 Å². The molecule has 2 N–H and O–H groups in total. The number of carbonyl (C=O) groups is 1. The van der Waals surface area contributed by atoms with Gasteiger partial charge in [0.1, 0.15) is 12.2 Å². The summed E-state index contributed by atoms with van der Waals surface area (Å²) < 4.78 is 0. The predicted molar refractivity (Wildman–Crippen MR) is 63.1 cm³/mol. The first-order valence-corrected chi connectivity index (χ1v) is 5.38. The largest absolute Gasteiger partial charge is 0.349 e. The van der Waals surface area contributed by atoms with Crippen molar-refractivity contribution in [1.82, 2.24) is 20.5 Å². The van der Waals surface area contributed by atoms with E-state index in [0.29, 0.717) is 17.9 Å². The molecule has 0 aliphatic heterocycles. The summed E-state index contributed by atoms with van der Waals surface area (Å²) in [6.45, 7) is 0.328. The quantitative estimate of drug-likeness (QED) is 0.816. The number of hydrogen-bond acceptors (Lipinski definition) is 4. The number of hydrogen-bond donors (Lipinski definition) is 2. The highest BCUT2D eigenvalue weighted by molar-refractivity contribution is 5.78. The van der Waals surface area contributed by atoms with Crippen LogP contribution in [-0.4, -0.2) is 21.1 Å². The van der Waals surface area contributed by atoms with E-state index in [1.165, 1.54) is 6.33 Å². The molecule has 2 aromatic rings. The van der Waals surface area contributed by atoms with Crippen molar-refractivity contribution in [1.29, 1.82) is 5.26 Å². The highest BCUT2D eigenvalue weighted by Gasteiger charge is 2.04. The fourth-order valence-electron chi connectivity index (χ4n) is 1.44. The molecule has 0 aliphatic rings. The molecule has 90 valence electrons. The number of benzene rings is 1. The molecule has 6 heteroatoms. The maximum atomic E-state index is 11.6. The van der Waals surface area contributed by atoms with Gasteiger partial charge in [-0.25, -0.2) is 4.98 Å². The molecule has 0 bridgehead atoms. The lowest BCUT2D eigenvalue weighted by molar-refractivity contribution is -0.120. The first-order chi connectivity index (χ1) is 8.78. The second-order valence-corrected chi connectivity index (χ2v) is 3.69. The summed E-state index contributed by atoms with van der Waals surface area (Å²) in [6, 6.07) is 8.96. The van der Waals surface area contributed by atoms with Crippen LogP contribution in [0.4, 0.5) is 0 Å². The van der Waals surface area contributed by atoms with Crippen LogP contribution in [0.25, 0.3) is 0 Å². The molecular weight excluding hydrogens is 230 g/mol. The van der Waals surface area contributed by atoms with E-state index < -0.39 is 0 Å². The molecule has 0 saturated heterocycles. The average Bonchev–Trinajstić information content (AvgIpc) is 2.90. The number of nitrogens with zero attached hydrogens (tertiary/aromatic N) is 3. The van der Waals surface area contributed by atoms with Gasteiger partial charge >= 0.3 is 0 Å². The van der Waals surface area contributed by atoms with Crippen molar-refractivity contribution in [3.8, 4) is 6.07 Å². The summed E-state index contributed by atoms with van der Waals surface area (Å²) >= 11 is 0. The number of carbonyl (C=O) groups excluding carboxylic acids is 1. The summed E-state index contributed by atoms with van der Waals surface area (Å²) in [6.07, 6.45) is 1.67. The Hall–Kier alpha value is -2.68. The number of nitrogens with one attached hydrogen (secondary N) is 2. The number of aromatic amines is 1. The third-order valence-electron chi connectivity index (χ3n) is 2.37. The van der Waals surface area contributed by atoms with Crippen LogP contribution in [0.5, 0.6) is 0 Å². The number of amides is 1. The van der Waals surface area contributed by atoms with Crippen LogP contribution in [0.1, 0.15) is 17.0 Å². The summed E-state index contributed by atoms with van der Waals surface area (Å²) in [7, 11) is 0. The summed E-state index contributed by atoms with van der Waals surface area (Å²) in [5.74, 6) is 0.513. The Balaban J connectivity index is 1.85. The number of aromatic nitrogens is 3. The number of H-pyrrole nitrogens is 1. The molecule has 0 aliphatic carbocycles. The predicted octanol–water partition coefficient (Wildman–Crippen LogP) is 0.535. The van der Waals surface area contributed by atoms with E-state index in [1.807, 2.05) is 6.07 Å². The number of nitriles is 1. The lowest BCUT2D eigenvalue weighted by Crippen LogP contribution is -2.25. The Morgan fingerprint density at radius 1 is 1.39 bits per heavy atom. The monoisotopic (exact) mass is 241 g/mol. The van der Waals surface area contributed by atoms with Crippen LogP contribution in [-0.2, 0) is 17.8 Å². The third kappa shape index (κ3) is 3.15. The molecular formula is C12H11N5O. The van der Waals surface area contributed by atoms with Crippen molar-refractivity contribution >= 4 is 5.91 Å². The van der Waals surface area contributed by atoms with Gasteiger partial charge in [-0.1, -0.05) is 12.1 Å². The SMILES string of the molecule is N#Cc1ccc(CC(=O)NCc2ncn[nH]2)cc1. The Bertz CT molecular complexity index is 553. The Labute approximate surface area is 104 Å². The summed E-state index contributed by atoms with van der Waals surface area (Å²) in [4.78, 5) is 15.5. The summed E-state index contributed by atoms with van der Waals surface area (Å²) in [5, 5.41) is 17.7. The molecule has 1 heterocycles. The fraction of sp³-hybridized carbons (Fsp3) is 0.167. The van der Waals surface area contributed by atoms with Gasteiger partial charge in [0.05, 0.1) is 24.6 Å². The lowest BCUT2D eigenvalue weighted by atomic mass is 10.1. The van der Waals surface area contributed by atoms with E-state index in [0.717, 1.165) is 5.56 Å². The molecule has 1 aromatic carbocycles. The van der Waals surface area contributed by atoms with Crippen molar-refractivity contribution in [2.24, 2.45) is 0 Å². The molecule has 1 aromatic heterocycles. The summed E-state index contributed by atoms with van der Waals surface area (Å²) in [5.41, 5.74) is 1.45. The molecule has 6 nitrogen and oxygen atoms in total. The zero-order valence-corrected chi connectivity index (χ0v) is 9.55. The fourth-order valence-corrected chi connectivity index (χ4v) is 1.44. The van der Waals surface area contributed by atoms with E-state index in [1.54, 1.807) is 24.3 Å². The minimum Gasteiger partial charge on any atom is -0.349 e. The molecule has 1 amide bonds. The Morgan fingerprint density at radius 2 is 2.17 bits per heavy atom. The third-order valence-corrected chi connectivity index (χ3v) is 2.37. The van der Waals surface area contributed by atoms with Crippen molar-refractivity contribution in [2.75, 3.05) is 0 Å².